The molecule has 4 nitrogen and oxygen atoms in total. The fraction of sp³-hybridized carbons (Fsp3) is 0.125. The molecule has 1 heterocycles. The highest BCUT2D eigenvalue weighted by Gasteiger charge is 2.09. The number of fused-ring (bicyclic) bond motifs is 1. The fourth-order valence-electron chi connectivity index (χ4n) is 2.24. The summed E-state index contributed by atoms with van der Waals surface area (Å²) < 4.78 is 8.59. The molecule has 0 spiro atoms. The molecule has 0 N–H and O–H groups in total. The van der Waals surface area contributed by atoms with Crippen molar-refractivity contribution in [3.63, 3.8) is 0 Å². The van der Waals surface area contributed by atoms with Crippen LogP contribution in [-0.4, -0.2) is 16.7 Å². The van der Waals surface area contributed by atoms with Crippen LogP contribution in [0.25, 0.3) is 10.9 Å². The Morgan fingerprint density at radius 1 is 1.27 bits per heavy atom. The Bertz CT molecular complexity index is 891. The molecule has 3 aromatic rings. The summed E-state index contributed by atoms with van der Waals surface area (Å²) in [6.45, 7) is 0.481. The molecule has 6 heteroatoms. The lowest BCUT2D eigenvalue weighted by atomic mass is 10.2. The topological polar surface area (TPSA) is 44.1 Å². The normalized spacial score (nSPS) is 10.9. The number of hydrogen-bond acceptors (Lipinski definition) is 3. The summed E-state index contributed by atoms with van der Waals surface area (Å²) >= 11 is 5.62. The molecule has 2 aromatic carbocycles. The van der Waals surface area contributed by atoms with E-state index in [0.29, 0.717) is 11.9 Å². The number of halogens is 2. The van der Waals surface area contributed by atoms with Crippen molar-refractivity contribution in [1.29, 1.82) is 0 Å². The summed E-state index contributed by atoms with van der Waals surface area (Å²) in [4.78, 5) is 17.1. The first-order chi connectivity index (χ1) is 10.6. The standard InChI is InChI=1S/C16H12BrIN2O2/c1-22-12-4-2-10(3-5-12)8-20-9-19-15-13(16(20)21)6-11(17)7-14(15)18/h2-7,9H,8H2,1H3. The second kappa shape index (κ2) is 6.37. The lowest BCUT2D eigenvalue weighted by Crippen LogP contribution is -2.21. The third-order valence-corrected chi connectivity index (χ3v) is 4.64. The highest BCUT2D eigenvalue weighted by molar-refractivity contribution is 14.1. The van der Waals surface area contributed by atoms with E-state index >= 15 is 0 Å². The van der Waals surface area contributed by atoms with Crippen molar-refractivity contribution in [3.05, 3.63) is 66.7 Å². The van der Waals surface area contributed by atoms with Crippen LogP contribution in [-0.2, 0) is 6.54 Å². The van der Waals surface area contributed by atoms with E-state index in [2.05, 4.69) is 43.5 Å². The van der Waals surface area contributed by atoms with Crippen LogP contribution in [0.5, 0.6) is 5.75 Å². The number of rotatable bonds is 3. The van der Waals surface area contributed by atoms with Crippen LogP contribution < -0.4 is 10.3 Å². The van der Waals surface area contributed by atoms with Crippen molar-refractivity contribution in [3.8, 4) is 5.75 Å². The molecular formula is C16H12BrIN2O2. The molecule has 0 aliphatic carbocycles. The maximum Gasteiger partial charge on any atom is 0.261 e. The van der Waals surface area contributed by atoms with E-state index in [0.717, 1.165) is 24.9 Å². The number of nitrogens with zero attached hydrogens (tertiary/aromatic N) is 2. The van der Waals surface area contributed by atoms with E-state index in [1.54, 1.807) is 18.0 Å². The van der Waals surface area contributed by atoms with Crippen molar-refractivity contribution in [2.45, 2.75) is 6.54 Å². The predicted molar refractivity (Wildman–Crippen MR) is 98.5 cm³/mol. The number of ether oxygens (including phenoxy) is 1. The number of hydrogen-bond donors (Lipinski definition) is 0. The van der Waals surface area contributed by atoms with Gasteiger partial charge >= 0.3 is 0 Å². The van der Waals surface area contributed by atoms with Gasteiger partial charge in [0, 0.05) is 8.04 Å². The molecule has 0 aliphatic heterocycles. The van der Waals surface area contributed by atoms with E-state index in [1.165, 1.54) is 0 Å². The maximum atomic E-state index is 12.6. The van der Waals surface area contributed by atoms with E-state index in [9.17, 15) is 4.79 Å². The summed E-state index contributed by atoms with van der Waals surface area (Å²) in [5, 5.41) is 0.620. The Hall–Kier alpha value is -1.41. The van der Waals surface area contributed by atoms with Gasteiger partial charge in [-0.25, -0.2) is 4.98 Å². The van der Waals surface area contributed by atoms with Gasteiger partial charge in [-0.2, -0.15) is 0 Å². The first kappa shape index (κ1) is 15.5. The Morgan fingerprint density at radius 2 is 2.00 bits per heavy atom. The summed E-state index contributed by atoms with van der Waals surface area (Å²) in [6.07, 6.45) is 1.60. The molecule has 0 amide bonds. The highest BCUT2D eigenvalue weighted by Crippen LogP contribution is 2.22. The smallest absolute Gasteiger partial charge is 0.261 e. The first-order valence-electron chi connectivity index (χ1n) is 6.55. The zero-order chi connectivity index (χ0) is 15.7. The van der Waals surface area contributed by atoms with E-state index in [1.807, 2.05) is 36.4 Å². The molecule has 0 unspecified atom stereocenters. The van der Waals surface area contributed by atoms with Gasteiger partial charge in [0.05, 0.1) is 30.9 Å². The third-order valence-electron chi connectivity index (χ3n) is 3.36. The average Bonchev–Trinajstić information content (AvgIpc) is 2.51. The molecule has 0 bridgehead atoms. The second-order valence-corrected chi connectivity index (χ2v) is 6.89. The molecule has 0 aliphatic rings. The second-order valence-electron chi connectivity index (χ2n) is 4.81. The predicted octanol–water partition coefficient (Wildman–Crippen LogP) is 3.82. The van der Waals surface area contributed by atoms with Crippen molar-refractivity contribution in [1.82, 2.24) is 9.55 Å². The SMILES string of the molecule is COc1ccc(Cn2cnc3c(I)cc(Br)cc3c2=O)cc1. The van der Waals surface area contributed by atoms with Crippen molar-refractivity contribution in [2.75, 3.05) is 7.11 Å². The van der Waals surface area contributed by atoms with Crippen LogP contribution in [0.15, 0.2) is 52.0 Å². The van der Waals surface area contributed by atoms with Gasteiger partial charge in [0.15, 0.2) is 0 Å². The van der Waals surface area contributed by atoms with Crippen LogP contribution in [0.2, 0.25) is 0 Å². The minimum atomic E-state index is -0.0416. The van der Waals surface area contributed by atoms with Crippen molar-refractivity contribution >= 4 is 49.4 Å². The van der Waals surface area contributed by atoms with Gasteiger partial charge in [-0.1, -0.05) is 28.1 Å². The Balaban J connectivity index is 2.04. The summed E-state index contributed by atoms with van der Waals surface area (Å²) in [5.74, 6) is 0.797. The van der Waals surface area contributed by atoms with Crippen LogP contribution in [0.4, 0.5) is 0 Å². The van der Waals surface area contributed by atoms with Crippen LogP contribution in [0, 0.1) is 3.57 Å². The zero-order valence-corrected chi connectivity index (χ0v) is 15.5. The maximum absolute atomic E-state index is 12.6. The summed E-state index contributed by atoms with van der Waals surface area (Å²) in [6, 6.07) is 11.4. The molecule has 1 aromatic heterocycles. The minimum absolute atomic E-state index is 0.0416. The molecule has 0 radical (unpaired) electrons. The Morgan fingerprint density at radius 3 is 2.68 bits per heavy atom. The van der Waals surface area contributed by atoms with Gasteiger partial charge in [0.2, 0.25) is 0 Å². The molecule has 22 heavy (non-hydrogen) atoms. The molecule has 0 atom stereocenters. The molecule has 3 rings (SSSR count). The first-order valence-corrected chi connectivity index (χ1v) is 8.43. The van der Waals surface area contributed by atoms with Gasteiger partial charge < -0.3 is 4.74 Å². The Labute approximate surface area is 149 Å². The van der Waals surface area contributed by atoms with Crippen LogP contribution >= 0.6 is 38.5 Å². The zero-order valence-electron chi connectivity index (χ0n) is 11.7. The summed E-state index contributed by atoms with van der Waals surface area (Å²) in [5.41, 5.74) is 1.72. The van der Waals surface area contributed by atoms with Crippen molar-refractivity contribution in [2.24, 2.45) is 0 Å². The van der Waals surface area contributed by atoms with Crippen LogP contribution in [0.3, 0.4) is 0 Å². The number of benzene rings is 2. The lowest BCUT2D eigenvalue weighted by Gasteiger charge is -2.08. The van der Waals surface area contributed by atoms with Crippen molar-refractivity contribution < 1.29 is 4.74 Å². The van der Waals surface area contributed by atoms with Gasteiger partial charge in [-0.3, -0.25) is 9.36 Å². The average molecular weight is 471 g/mol. The van der Waals surface area contributed by atoms with Gasteiger partial charge in [0.25, 0.3) is 5.56 Å². The molecule has 112 valence electrons. The molecule has 0 fully saturated rings. The minimum Gasteiger partial charge on any atom is -0.497 e. The van der Waals surface area contributed by atoms with Crippen LogP contribution in [0.1, 0.15) is 5.56 Å². The molecule has 0 saturated heterocycles. The van der Waals surface area contributed by atoms with E-state index < -0.39 is 0 Å². The number of aromatic nitrogens is 2. The van der Waals surface area contributed by atoms with Gasteiger partial charge in [-0.05, 0) is 52.4 Å². The van der Waals surface area contributed by atoms with E-state index in [4.69, 9.17) is 4.74 Å². The van der Waals surface area contributed by atoms with Gasteiger partial charge in [-0.15, -0.1) is 0 Å². The molecular weight excluding hydrogens is 459 g/mol. The quantitative estimate of drug-likeness (QED) is 0.546. The third kappa shape index (κ3) is 3.03. The highest BCUT2D eigenvalue weighted by atomic mass is 127. The fourth-order valence-corrected chi connectivity index (χ4v) is 3.89. The monoisotopic (exact) mass is 470 g/mol. The lowest BCUT2D eigenvalue weighted by molar-refractivity contribution is 0.414. The molecule has 0 saturated carbocycles. The summed E-state index contributed by atoms with van der Waals surface area (Å²) in [7, 11) is 1.63. The largest absolute Gasteiger partial charge is 0.497 e. The Kier molecular flexibility index (Phi) is 4.49. The number of methoxy groups -OCH3 is 1. The van der Waals surface area contributed by atoms with Gasteiger partial charge in [0.1, 0.15) is 5.75 Å². The van der Waals surface area contributed by atoms with E-state index in [-0.39, 0.29) is 5.56 Å².